The summed E-state index contributed by atoms with van der Waals surface area (Å²) < 4.78 is 10.9. The molecule has 0 amide bonds. The quantitative estimate of drug-likeness (QED) is 0.407. The van der Waals surface area contributed by atoms with Crippen LogP contribution in [0.3, 0.4) is 0 Å². The van der Waals surface area contributed by atoms with Crippen LogP contribution < -0.4 is 11.1 Å². The zero-order valence-electron chi connectivity index (χ0n) is 13.1. The lowest BCUT2D eigenvalue weighted by atomic mass is 9.87. The molecule has 0 aromatic rings. The number of aliphatic imine (C=N–C) groups is 1. The molecule has 0 spiro atoms. The standard InChI is InChI=1S/C14H29N3O2.HI/c1-10(2)13-12(6-5-7-19-13)8-16-14(15)17-11(3)9-18-4;/h10-13H,5-9H2,1-4H3,(H3,15,16,17);1H. The summed E-state index contributed by atoms with van der Waals surface area (Å²) in [5.74, 6) is 1.51. The first kappa shape index (κ1) is 19.9. The predicted molar refractivity (Wildman–Crippen MR) is 93.7 cm³/mol. The van der Waals surface area contributed by atoms with Gasteiger partial charge in [0.25, 0.3) is 0 Å². The monoisotopic (exact) mass is 399 g/mol. The molecule has 1 rings (SSSR count). The Morgan fingerprint density at radius 1 is 1.45 bits per heavy atom. The van der Waals surface area contributed by atoms with Crippen LogP contribution in [0.15, 0.2) is 4.99 Å². The van der Waals surface area contributed by atoms with E-state index in [-0.39, 0.29) is 30.0 Å². The summed E-state index contributed by atoms with van der Waals surface area (Å²) in [7, 11) is 1.68. The Bertz CT molecular complexity index is 288. The maximum Gasteiger partial charge on any atom is 0.188 e. The van der Waals surface area contributed by atoms with Gasteiger partial charge in [-0.1, -0.05) is 13.8 Å². The average Bonchev–Trinajstić information content (AvgIpc) is 2.36. The van der Waals surface area contributed by atoms with Gasteiger partial charge in [-0.05, 0) is 25.7 Å². The summed E-state index contributed by atoms with van der Waals surface area (Å²) in [4.78, 5) is 4.45. The van der Waals surface area contributed by atoms with Gasteiger partial charge < -0.3 is 20.5 Å². The first-order valence-corrected chi connectivity index (χ1v) is 7.21. The van der Waals surface area contributed by atoms with Crippen LogP contribution in [0.2, 0.25) is 0 Å². The molecule has 6 heteroatoms. The van der Waals surface area contributed by atoms with Gasteiger partial charge in [-0.15, -0.1) is 24.0 Å². The summed E-state index contributed by atoms with van der Waals surface area (Å²) >= 11 is 0. The molecule has 0 radical (unpaired) electrons. The Hall–Kier alpha value is -0.0800. The average molecular weight is 399 g/mol. The molecule has 1 heterocycles. The molecule has 0 bridgehead atoms. The second-order valence-electron chi connectivity index (χ2n) is 5.71. The Morgan fingerprint density at radius 2 is 2.15 bits per heavy atom. The largest absolute Gasteiger partial charge is 0.383 e. The highest BCUT2D eigenvalue weighted by Gasteiger charge is 2.28. The lowest BCUT2D eigenvalue weighted by Gasteiger charge is -2.33. The van der Waals surface area contributed by atoms with E-state index in [0.717, 1.165) is 19.6 Å². The van der Waals surface area contributed by atoms with Crippen LogP contribution in [0.25, 0.3) is 0 Å². The summed E-state index contributed by atoms with van der Waals surface area (Å²) in [6.07, 6.45) is 2.60. The molecule has 0 saturated carbocycles. The van der Waals surface area contributed by atoms with E-state index in [0.29, 0.717) is 30.5 Å². The highest BCUT2D eigenvalue weighted by atomic mass is 127. The molecular weight excluding hydrogens is 369 g/mol. The smallest absolute Gasteiger partial charge is 0.188 e. The molecule has 1 aliphatic rings. The number of nitrogens with zero attached hydrogens (tertiary/aromatic N) is 1. The summed E-state index contributed by atoms with van der Waals surface area (Å²) in [5, 5.41) is 3.13. The third-order valence-corrected chi connectivity index (χ3v) is 3.46. The molecule has 1 fully saturated rings. The fourth-order valence-corrected chi connectivity index (χ4v) is 2.60. The molecule has 0 aromatic carbocycles. The van der Waals surface area contributed by atoms with E-state index in [1.807, 2.05) is 6.92 Å². The maximum atomic E-state index is 5.89. The van der Waals surface area contributed by atoms with Crippen molar-refractivity contribution in [3.8, 4) is 0 Å². The first-order chi connectivity index (χ1) is 9.04. The third kappa shape index (κ3) is 7.08. The molecule has 3 unspecified atom stereocenters. The van der Waals surface area contributed by atoms with Crippen molar-refractivity contribution in [2.24, 2.45) is 22.6 Å². The lowest BCUT2D eigenvalue weighted by Crippen LogP contribution is -2.42. The van der Waals surface area contributed by atoms with Gasteiger partial charge in [0.2, 0.25) is 0 Å². The van der Waals surface area contributed by atoms with Gasteiger partial charge >= 0.3 is 0 Å². The Morgan fingerprint density at radius 3 is 2.75 bits per heavy atom. The van der Waals surface area contributed by atoms with Crippen LogP contribution in [0.5, 0.6) is 0 Å². The van der Waals surface area contributed by atoms with E-state index in [9.17, 15) is 0 Å². The summed E-state index contributed by atoms with van der Waals surface area (Å²) in [5.41, 5.74) is 5.89. The van der Waals surface area contributed by atoms with Crippen LogP contribution in [0.1, 0.15) is 33.6 Å². The Labute approximate surface area is 140 Å². The van der Waals surface area contributed by atoms with Gasteiger partial charge in [-0.3, -0.25) is 4.99 Å². The minimum Gasteiger partial charge on any atom is -0.383 e. The molecule has 3 atom stereocenters. The zero-order chi connectivity index (χ0) is 14.3. The van der Waals surface area contributed by atoms with E-state index >= 15 is 0 Å². The number of ether oxygens (including phenoxy) is 2. The van der Waals surface area contributed by atoms with Gasteiger partial charge in [0, 0.05) is 32.2 Å². The van der Waals surface area contributed by atoms with Crippen LogP contribution in [-0.2, 0) is 9.47 Å². The number of halogens is 1. The van der Waals surface area contributed by atoms with E-state index in [1.165, 1.54) is 6.42 Å². The van der Waals surface area contributed by atoms with Crippen molar-refractivity contribution >= 4 is 29.9 Å². The summed E-state index contributed by atoms with van der Waals surface area (Å²) in [6, 6.07) is 0.178. The molecule has 120 valence electrons. The van der Waals surface area contributed by atoms with Crippen molar-refractivity contribution in [3.63, 3.8) is 0 Å². The molecule has 0 aliphatic carbocycles. The van der Waals surface area contributed by atoms with Gasteiger partial charge in [-0.25, -0.2) is 0 Å². The maximum absolute atomic E-state index is 5.89. The van der Waals surface area contributed by atoms with E-state index in [4.69, 9.17) is 15.2 Å². The number of hydrogen-bond acceptors (Lipinski definition) is 3. The van der Waals surface area contributed by atoms with Crippen LogP contribution in [0, 0.1) is 11.8 Å². The highest BCUT2D eigenvalue weighted by molar-refractivity contribution is 14.0. The predicted octanol–water partition coefficient (Wildman–Crippen LogP) is 1.99. The van der Waals surface area contributed by atoms with Crippen molar-refractivity contribution in [1.29, 1.82) is 0 Å². The third-order valence-electron chi connectivity index (χ3n) is 3.46. The number of methoxy groups -OCH3 is 1. The van der Waals surface area contributed by atoms with Crippen LogP contribution >= 0.6 is 24.0 Å². The fraction of sp³-hybridized carbons (Fsp3) is 0.929. The number of nitrogens with two attached hydrogens (primary N) is 1. The lowest BCUT2D eigenvalue weighted by molar-refractivity contribution is -0.0491. The second-order valence-corrected chi connectivity index (χ2v) is 5.71. The van der Waals surface area contributed by atoms with Crippen molar-refractivity contribution in [1.82, 2.24) is 5.32 Å². The number of rotatable bonds is 6. The van der Waals surface area contributed by atoms with E-state index < -0.39 is 0 Å². The molecule has 20 heavy (non-hydrogen) atoms. The van der Waals surface area contributed by atoms with Crippen molar-refractivity contribution in [3.05, 3.63) is 0 Å². The normalized spacial score (nSPS) is 25.1. The minimum atomic E-state index is 0. The molecule has 5 nitrogen and oxygen atoms in total. The Balaban J connectivity index is 0.00000361. The SMILES string of the molecule is COCC(C)NC(N)=NCC1CCCOC1C(C)C.I. The fourth-order valence-electron chi connectivity index (χ4n) is 2.60. The molecule has 0 aromatic heterocycles. The van der Waals surface area contributed by atoms with Gasteiger partial charge in [-0.2, -0.15) is 0 Å². The number of nitrogens with one attached hydrogen (secondary N) is 1. The first-order valence-electron chi connectivity index (χ1n) is 7.21. The topological polar surface area (TPSA) is 68.9 Å². The minimum absolute atomic E-state index is 0. The number of hydrogen-bond donors (Lipinski definition) is 2. The molecule has 1 saturated heterocycles. The van der Waals surface area contributed by atoms with Crippen molar-refractivity contribution in [2.45, 2.75) is 45.8 Å². The second kappa shape index (κ2) is 10.6. The van der Waals surface area contributed by atoms with Gasteiger partial charge in [0.15, 0.2) is 5.96 Å². The number of guanidine groups is 1. The summed E-state index contributed by atoms with van der Waals surface area (Å²) in [6.45, 7) is 8.66. The molecular formula is C14H30IN3O2. The van der Waals surface area contributed by atoms with Crippen molar-refractivity contribution in [2.75, 3.05) is 26.9 Å². The zero-order valence-corrected chi connectivity index (χ0v) is 15.4. The molecule has 3 N–H and O–H groups in total. The highest BCUT2D eigenvalue weighted by Crippen LogP contribution is 2.26. The van der Waals surface area contributed by atoms with E-state index in [1.54, 1.807) is 7.11 Å². The van der Waals surface area contributed by atoms with Crippen LogP contribution in [0.4, 0.5) is 0 Å². The van der Waals surface area contributed by atoms with E-state index in [2.05, 4.69) is 24.2 Å². The van der Waals surface area contributed by atoms with Gasteiger partial charge in [0.05, 0.1) is 12.7 Å². The van der Waals surface area contributed by atoms with Crippen LogP contribution in [-0.4, -0.2) is 45.0 Å². The van der Waals surface area contributed by atoms with Gasteiger partial charge in [0.1, 0.15) is 0 Å². The molecule has 1 aliphatic heterocycles. The van der Waals surface area contributed by atoms with Crippen molar-refractivity contribution < 1.29 is 9.47 Å². The Kier molecular flexibility index (Phi) is 10.6.